The van der Waals surface area contributed by atoms with Crippen LogP contribution in [0.4, 0.5) is 5.69 Å². The number of fused-ring (bicyclic) bond motifs is 1. The van der Waals surface area contributed by atoms with Gasteiger partial charge in [-0.15, -0.1) is 0 Å². The summed E-state index contributed by atoms with van der Waals surface area (Å²) in [6.07, 6.45) is 0.608. The van der Waals surface area contributed by atoms with Crippen LogP contribution in [0.3, 0.4) is 0 Å². The van der Waals surface area contributed by atoms with Crippen molar-refractivity contribution in [2.45, 2.75) is 37.1 Å². The van der Waals surface area contributed by atoms with Gasteiger partial charge < -0.3 is 19.5 Å². The molecular formula is C23H28N2O7S. The largest absolute Gasteiger partial charge is 0.493 e. The Balaban J connectivity index is 2.01. The van der Waals surface area contributed by atoms with Gasteiger partial charge in [0.15, 0.2) is 11.5 Å². The van der Waals surface area contributed by atoms with Gasteiger partial charge in [-0.3, -0.25) is 9.59 Å². The lowest BCUT2D eigenvalue weighted by Gasteiger charge is -2.36. The zero-order valence-electron chi connectivity index (χ0n) is 19.1. The molecule has 0 aliphatic carbocycles. The van der Waals surface area contributed by atoms with Gasteiger partial charge in [0.25, 0.3) is 0 Å². The number of ether oxygens (including phenoxy) is 3. The number of hydrogen-bond donors (Lipinski definition) is 1. The number of esters is 1. The molecule has 0 unspecified atom stereocenters. The molecule has 0 radical (unpaired) electrons. The van der Waals surface area contributed by atoms with Crippen molar-refractivity contribution in [3.63, 3.8) is 0 Å². The van der Waals surface area contributed by atoms with Crippen molar-refractivity contribution in [1.29, 1.82) is 0 Å². The SMILES string of the molecule is CCC(=O)Nc1ccc(S(=O)(=O)N2CCc3cc(OC)c(OC)cc3[C@H]2CC(=O)OC)cc1. The van der Waals surface area contributed by atoms with E-state index in [4.69, 9.17) is 14.2 Å². The van der Waals surface area contributed by atoms with Crippen LogP contribution in [0.5, 0.6) is 11.5 Å². The highest BCUT2D eigenvalue weighted by molar-refractivity contribution is 7.89. The fourth-order valence-corrected chi connectivity index (χ4v) is 5.45. The van der Waals surface area contributed by atoms with Crippen LogP contribution in [0, 0.1) is 0 Å². The maximum absolute atomic E-state index is 13.6. The molecular weight excluding hydrogens is 448 g/mol. The fraction of sp³-hybridized carbons (Fsp3) is 0.391. The Hall–Kier alpha value is -3.11. The molecule has 178 valence electrons. The van der Waals surface area contributed by atoms with E-state index in [1.165, 1.54) is 37.8 Å². The van der Waals surface area contributed by atoms with Crippen LogP contribution in [-0.2, 0) is 30.8 Å². The van der Waals surface area contributed by atoms with Crippen LogP contribution in [0.15, 0.2) is 41.3 Å². The topological polar surface area (TPSA) is 111 Å². The number of nitrogens with one attached hydrogen (secondary N) is 1. The number of rotatable bonds is 8. The van der Waals surface area contributed by atoms with Gasteiger partial charge in [0, 0.05) is 18.7 Å². The first-order valence-electron chi connectivity index (χ1n) is 10.5. The maximum Gasteiger partial charge on any atom is 0.307 e. The van der Waals surface area contributed by atoms with Gasteiger partial charge in [-0.25, -0.2) is 8.42 Å². The zero-order valence-corrected chi connectivity index (χ0v) is 19.9. The number of methoxy groups -OCH3 is 3. The molecule has 9 nitrogen and oxygen atoms in total. The van der Waals surface area contributed by atoms with E-state index in [2.05, 4.69) is 5.32 Å². The molecule has 3 rings (SSSR count). The van der Waals surface area contributed by atoms with Crippen LogP contribution in [0.1, 0.15) is 36.9 Å². The van der Waals surface area contributed by atoms with Gasteiger partial charge in [0.05, 0.1) is 38.7 Å². The number of carbonyl (C=O) groups is 2. The Morgan fingerprint density at radius 1 is 1.06 bits per heavy atom. The molecule has 1 heterocycles. The highest BCUT2D eigenvalue weighted by Crippen LogP contribution is 2.41. The molecule has 0 spiro atoms. The number of hydrogen-bond acceptors (Lipinski definition) is 7. The van der Waals surface area contributed by atoms with Crippen molar-refractivity contribution >= 4 is 27.6 Å². The number of benzene rings is 2. The van der Waals surface area contributed by atoms with Gasteiger partial charge in [-0.1, -0.05) is 6.92 Å². The standard InChI is InChI=1S/C23H28N2O7S/c1-5-22(26)24-16-6-8-17(9-7-16)33(28,29)25-11-10-15-12-20(30-2)21(31-3)13-18(15)19(25)14-23(27)32-4/h6-9,12-13,19H,5,10-11,14H2,1-4H3,(H,24,26)/t19-/m1/s1. The second-order valence-electron chi connectivity index (χ2n) is 7.49. The predicted molar refractivity (Wildman–Crippen MR) is 122 cm³/mol. The van der Waals surface area contributed by atoms with Crippen LogP contribution in [0.25, 0.3) is 0 Å². The molecule has 0 fully saturated rings. The molecule has 1 aliphatic rings. The first-order valence-corrected chi connectivity index (χ1v) is 11.9. The van der Waals surface area contributed by atoms with E-state index in [-0.39, 0.29) is 23.8 Å². The Morgan fingerprint density at radius 2 is 1.70 bits per heavy atom. The molecule has 0 aromatic heterocycles. The summed E-state index contributed by atoms with van der Waals surface area (Å²) >= 11 is 0. The lowest BCUT2D eigenvalue weighted by molar-refractivity contribution is -0.141. The summed E-state index contributed by atoms with van der Waals surface area (Å²) in [6.45, 7) is 1.91. The summed E-state index contributed by atoms with van der Waals surface area (Å²) in [5.41, 5.74) is 2.05. The Kier molecular flexibility index (Phi) is 7.60. The van der Waals surface area contributed by atoms with Gasteiger partial charge in [0.2, 0.25) is 15.9 Å². The minimum atomic E-state index is -3.95. The molecule has 1 N–H and O–H groups in total. The molecule has 1 atom stereocenters. The smallest absolute Gasteiger partial charge is 0.307 e. The van der Waals surface area contributed by atoms with Crippen LogP contribution < -0.4 is 14.8 Å². The molecule has 33 heavy (non-hydrogen) atoms. The van der Waals surface area contributed by atoms with E-state index < -0.39 is 22.0 Å². The zero-order chi connectivity index (χ0) is 24.2. The van der Waals surface area contributed by atoms with Crippen LogP contribution in [0.2, 0.25) is 0 Å². The molecule has 10 heteroatoms. The van der Waals surface area contributed by atoms with E-state index in [0.29, 0.717) is 35.6 Å². The maximum atomic E-state index is 13.6. The normalized spacial score (nSPS) is 15.9. The summed E-state index contributed by atoms with van der Waals surface area (Å²) in [7, 11) is 0.340. The first-order chi connectivity index (χ1) is 15.7. The lowest BCUT2D eigenvalue weighted by Crippen LogP contribution is -2.41. The Morgan fingerprint density at radius 3 is 2.27 bits per heavy atom. The van der Waals surface area contributed by atoms with E-state index in [9.17, 15) is 18.0 Å². The molecule has 1 aliphatic heterocycles. The van der Waals surface area contributed by atoms with E-state index in [0.717, 1.165) is 5.56 Å². The lowest BCUT2D eigenvalue weighted by atomic mass is 9.91. The molecule has 1 amide bonds. The minimum Gasteiger partial charge on any atom is -0.493 e. The molecule has 0 saturated heterocycles. The Bertz CT molecular complexity index is 1130. The average Bonchev–Trinajstić information content (AvgIpc) is 2.83. The van der Waals surface area contributed by atoms with Crippen molar-refractivity contribution in [2.24, 2.45) is 0 Å². The summed E-state index contributed by atoms with van der Waals surface area (Å²) in [5, 5.41) is 2.69. The van der Waals surface area contributed by atoms with Crippen molar-refractivity contribution in [3.05, 3.63) is 47.5 Å². The number of nitrogens with zero attached hydrogens (tertiary/aromatic N) is 1. The number of anilines is 1. The first kappa shape index (κ1) is 24.5. The summed E-state index contributed by atoms with van der Waals surface area (Å²) in [6, 6.07) is 8.73. The third-order valence-electron chi connectivity index (χ3n) is 5.61. The van der Waals surface area contributed by atoms with Gasteiger partial charge in [-0.2, -0.15) is 4.31 Å². The third kappa shape index (κ3) is 5.12. The fourth-order valence-electron chi connectivity index (χ4n) is 3.84. The minimum absolute atomic E-state index is 0.0655. The number of amides is 1. The third-order valence-corrected chi connectivity index (χ3v) is 7.53. The summed E-state index contributed by atoms with van der Waals surface area (Å²) in [5.74, 6) is 0.289. The molecule has 2 aromatic rings. The highest BCUT2D eigenvalue weighted by atomic mass is 32.2. The van der Waals surface area contributed by atoms with Crippen LogP contribution in [-0.4, -0.2) is 52.5 Å². The van der Waals surface area contributed by atoms with Crippen molar-refractivity contribution in [2.75, 3.05) is 33.2 Å². The summed E-state index contributed by atoms with van der Waals surface area (Å²) in [4.78, 5) is 23.9. The van der Waals surface area contributed by atoms with Crippen molar-refractivity contribution < 1.29 is 32.2 Å². The van der Waals surface area contributed by atoms with E-state index >= 15 is 0 Å². The quantitative estimate of drug-likeness (QED) is 0.583. The molecule has 0 saturated carbocycles. The monoisotopic (exact) mass is 476 g/mol. The van der Waals surface area contributed by atoms with Crippen molar-refractivity contribution in [3.8, 4) is 11.5 Å². The number of sulfonamides is 1. The number of carbonyl (C=O) groups excluding carboxylic acids is 2. The van der Waals surface area contributed by atoms with Crippen molar-refractivity contribution in [1.82, 2.24) is 4.31 Å². The second-order valence-corrected chi connectivity index (χ2v) is 9.38. The predicted octanol–water partition coefficient (Wildman–Crippen LogP) is 2.90. The van der Waals surface area contributed by atoms with Gasteiger partial charge in [0.1, 0.15) is 0 Å². The second kappa shape index (κ2) is 10.2. The molecule has 0 bridgehead atoms. The van der Waals surface area contributed by atoms with E-state index in [1.54, 1.807) is 25.1 Å². The average molecular weight is 477 g/mol. The Labute approximate surface area is 193 Å². The van der Waals surface area contributed by atoms with Gasteiger partial charge >= 0.3 is 5.97 Å². The van der Waals surface area contributed by atoms with E-state index in [1.807, 2.05) is 6.07 Å². The molecule has 2 aromatic carbocycles. The highest BCUT2D eigenvalue weighted by Gasteiger charge is 2.38. The van der Waals surface area contributed by atoms with Gasteiger partial charge in [-0.05, 0) is 53.9 Å². The van der Waals surface area contributed by atoms with Crippen LogP contribution >= 0.6 is 0 Å². The summed E-state index contributed by atoms with van der Waals surface area (Å²) < 4.78 is 44.1.